The van der Waals surface area contributed by atoms with Crippen LogP contribution < -0.4 is 10.1 Å². The first-order chi connectivity index (χ1) is 12.7. The predicted octanol–water partition coefficient (Wildman–Crippen LogP) is 1.10. The van der Waals surface area contributed by atoms with Gasteiger partial charge in [-0.25, -0.2) is 4.98 Å². The number of benzene rings is 1. The van der Waals surface area contributed by atoms with Gasteiger partial charge in [0.05, 0.1) is 12.8 Å². The Bertz CT molecular complexity index is 726. The molecule has 2 N–H and O–H groups in total. The average molecular weight is 356 g/mol. The van der Waals surface area contributed by atoms with Crippen molar-refractivity contribution in [3.05, 3.63) is 54.1 Å². The van der Waals surface area contributed by atoms with Crippen LogP contribution in [-0.2, 0) is 6.54 Å². The standard InChI is InChI=1S/C19H24N4O3/c1-2-26-18-6-4-3-5-14(18)10-23-11-15(13-24)17(12-23)22-19(25)16-9-20-7-8-21-16/h3-9,15,17,24H,2,10-13H2,1H3,(H,22,25)/t15-,17+/m0/s1. The third-order valence-electron chi connectivity index (χ3n) is 4.53. The molecule has 1 fully saturated rings. The van der Waals surface area contributed by atoms with Crippen LogP contribution in [0, 0.1) is 5.92 Å². The summed E-state index contributed by atoms with van der Waals surface area (Å²) >= 11 is 0. The van der Waals surface area contributed by atoms with Crippen LogP contribution in [-0.4, -0.2) is 58.2 Å². The number of carbonyl (C=O) groups excluding carboxylic acids is 1. The molecular formula is C19H24N4O3. The molecule has 0 radical (unpaired) electrons. The van der Waals surface area contributed by atoms with Gasteiger partial charge in [0.1, 0.15) is 11.4 Å². The van der Waals surface area contributed by atoms with Gasteiger partial charge in [-0.3, -0.25) is 14.7 Å². The highest BCUT2D eigenvalue weighted by Crippen LogP contribution is 2.24. The topological polar surface area (TPSA) is 87.6 Å². The van der Waals surface area contributed by atoms with E-state index in [9.17, 15) is 9.90 Å². The molecule has 1 aromatic carbocycles. The van der Waals surface area contributed by atoms with Crippen molar-refractivity contribution in [2.45, 2.75) is 19.5 Å². The maximum Gasteiger partial charge on any atom is 0.271 e. The maximum atomic E-state index is 12.3. The van der Waals surface area contributed by atoms with Gasteiger partial charge in [-0.1, -0.05) is 18.2 Å². The fourth-order valence-corrected chi connectivity index (χ4v) is 3.27. The minimum atomic E-state index is -0.266. The van der Waals surface area contributed by atoms with Gasteiger partial charge < -0.3 is 15.2 Å². The van der Waals surface area contributed by atoms with Gasteiger partial charge in [-0.05, 0) is 13.0 Å². The van der Waals surface area contributed by atoms with E-state index in [1.54, 1.807) is 0 Å². The smallest absolute Gasteiger partial charge is 0.271 e. The van der Waals surface area contributed by atoms with Crippen LogP contribution in [0.25, 0.3) is 0 Å². The lowest BCUT2D eigenvalue weighted by Gasteiger charge is -2.18. The predicted molar refractivity (Wildman–Crippen MR) is 96.8 cm³/mol. The van der Waals surface area contributed by atoms with E-state index >= 15 is 0 Å². The average Bonchev–Trinajstić information content (AvgIpc) is 3.05. The van der Waals surface area contributed by atoms with Crippen molar-refractivity contribution in [3.8, 4) is 5.75 Å². The molecule has 2 heterocycles. The summed E-state index contributed by atoms with van der Waals surface area (Å²) in [5.41, 5.74) is 1.39. The van der Waals surface area contributed by atoms with Crippen molar-refractivity contribution < 1.29 is 14.6 Å². The summed E-state index contributed by atoms with van der Waals surface area (Å²) in [7, 11) is 0. The van der Waals surface area contributed by atoms with Gasteiger partial charge >= 0.3 is 0 Å². The zero-order valence-corrected chi connectivity index (χ0v) is 14.8. The normalized spacial score (nSPS) is 20.1. The van der Waals surface area contributed by atoms with Crippen LogP contribution in [0.5, 0.6) is 5.75 Å². The number of nitrogens with zero attached hydrogens (tertiary/aromatic N) is 3. The molecule has 0 saturated carbocycles. The number of aliphatic hydroxyl groups is 1. The summed E-state index contributed by atoms with van der Waals surface area (Å²) in [6.07, 6.45) is 4.46. The highest BCUT2D eigenvalue weighted by molar-refractivity contribution is 5.92. The lowest BCUT2D eigenvalue weighted by Crippen LogP contribution is -2.41. The van der Waals surface area contributed by atoms with Gasteiger partial charge in [-0.15, -0.1) is 0 Å². The molecule has 0 unspecified atom stereocenters. The number of para-hydroxylation sites is 1. The first-order valence-electron chi connectivity index (χ1n) is 8.82. The van der Waals surface area contributed by atoms with E-state index in [0.29, 0.717) is 26.2 Å². The molecule has 0 spiro atoms. The summed E-state index contributed by atoms with van der Waals surface area (Å²) in [6.45, 7) is 4.69. The molecule has 7 nitrogen and oxygen atoms in total. The first kappa shape index (κ1) is 18.3. The Morgan fingerprint density at radius 1 is 1.35 bits per heavy atom. The number of aliphatic hydroxyl groups excluding tert-OH is 1. The van der Waals surface area contributed by atoms with Crippen molar-refractivity contribution in [1.29, 1.82) is 0 Å². The van der Waals surface area contributed by atoms with E-state index in [1.165, 1.54) is 18.6 Å². The maximum absolute atomic E-state index is 12.3. The third kappa shape index (κ3) is 4.36. The van der Waals surface area contributed by atoms with Crippen molar-refractivity contribution >= 4 is 5.91 Å². The molecule has 7 heteroatoms. The molecule has 1 aliphatic rings. The molecule has 1 saturated heterocycles. The number of likely N-dealkylation sites (tertiary alicyclic amines) is 1. The fraction of sp³-hybridized carbons (Fsp3) is 0.421. The highest BCUT2D eigenvalue weighted by Gasteiger charge is 2.34. The monoisotopic (exact) mass is 356 g/mol. The largest absolute Gasteiger partial charge is 0.494 e. The number of rotatable bonds is 7. The highest BCUT2D eigenvalue weighted by atomic mass is 16.5. The molecule has 26 heavy (non-hydrogen) atoms. The summed E-state index contributed by atoms with van der Waals surface area (Å²) in [5, 5.41) is 12.7. The molecule has 1 amide bonds. The number of hydrogen-bond donors (Lipinski definition) is 2. The summed E-state index contributed by atoms with van der Waals surface area (Å²) in [5.74, 6) is 0.593. The van der Waals surface area contributed by atoms with Crippen LogP contribution >= 0.6 is 0 Å². The second kappa shape index (κ2) is 8.73. The van der Waals surface area contributed by atoms with E-state index in [2.05, 4.69) is 20.2 Å². The van der Waals surface area contributed by atoms with Crippen molar-refractivity contribution in [1.82, 2.24) is 20.2 Å². The zero-order chi connectivity index (χ0) is 18.4. The number of aromatic nitrogens is 2. The lowest BCUT2D eigenvalue weighted by atomic mass is 10.1. The minimum Gasteiger partial charge on any atom is -0.494 e. The Morgan fingerprint density at radius 3 is 2.92 bits per heavy atom. The number of amides is 1. The van der Waals surface area contributed by atoms with Crippen LogP contribution in [0.4, 0.5) is 0 Å². The Labute approximate surface area is 153 Å². The van der Waals surface area contributed by atoms with E-state index in [-0.39, 0.29) is 30.2 Å². The van der Waals surface area contributed by atoms with E-state index in [0.717, 1.165) is 11.3 Å². The van der Waals surface area contributed by atoms with Gasteiger partial charge in [0.15, 0.2) is 0 Å². The van der Waals surface area contributed by atoms with Gasteiger partial charge in [0.25, 0.3) is 5.91 Å². The van der Waals surface area contributed by atoms with Crippen molar-refractivity contribution in [2.75, 3.05) is 26.3 Å². The van der Waals surface area contributed by atoms with Crippen LogP contribution in [0.15, 0.2) is 42.9 Å². The quantitative estimate of drug-likeness (QED) is 0.772. The summed E-state index contributed by atoms with van der Waals surface area (Å²) < 4.78 is 5.69. The molecule has 138 valence electrons. The van der Waals surface area contributed by atoms with Gasteiger partial charge in [0.2, 0.25) is 0 Å². The Morgan fingerprint density at radius 2 is 2.19 bits per heavy atom. The third-order valence-corrected chi connectivity index (χ3v) is 4.53. The van der Waals surface area contributed by atoms with Crippen molar-refractivity contribution in [3.63, 3.8) is 0 Å². The van der Waals surface area contributed by atoms with Crippen LogP contribution in [0.1, 0.15) is 23.0 Å². The number of carbonyl (C=O) groups is 1. The van der Waals surface area contributed by atoms with E-state index in [1.807, 2.05) is 31.2 Å². The second-order valence-corrected chi connectivity index (χ2v) is 6.35. The minimum absolute atomic E-state index is 0.0186. The van der Waals surface area contributed by atoms with Crippen molar-refractivity contribution in [2.24, 2.45) is 5.92 Å². The Kier molecular flexibility index (Phi) is 6.14. The number of hydrogen-bond acceptors (Lipinski definition) is 6. The zero-order valence-electron chi connectivity index (χ0n) is 14.8. The van der Waals surface area contributed by atoms with Crippen LogP contribution in [0.3, 0.4) is 0 Å². The molecule has 0 bridgehead atoms. The number of ether oxygens (including phenoxy) is 1. The molecular weight excluding hydrogens is 332 g/mol. The summed E-state index contributed by atoms with van der Waals surface area (Å²) in [6, 6.07) is 7.83. The fourth-order valence-electron chi connectivity index (χ4n) is 3.27. The SMILES string of the molecule is CCOc1ccccc1CN1C[C@@H](CO)[C@H](NC(=O)c2cnccn2)C1. The molecule has 2 atom stereocenters. The molecule has 3 rings (SSSR count). The molecule has 0 aliphatic carbocycles. The first-order valence-corrected chi connectivity index (χ1v) is 8.82. The van der Waals surface area contributed by atoms with E-state index < -0.39 is 0 Å². The summed E-state index contributed by atoms with van der Waals surface area (Å²) in [4.78, 5) is 22.5. The molecule has 1 aromatic heterocycles. The second-order valence-electron chi connectivity index (χ2n) is 6.35. The molecule has 2 aromatic rings. The van der Waals surface area contributed by atoms with E-state index in [4.69, 9.17) is 4.74 Å². The van der Waals surface area contributed by atoms with Crippen LogP contribution in [0.2, 0.25) is 0 Å². The van der Waals surface area contributed by atoms with Gasteiger partial charge in [0, 0.05) is 56.2 Å². The Balaban J connectivity index is 1.65. The lowest BCUT2D eigenvalue weighted by molar-refractivity contribution is 0.0915. The molecule has 1 aliphatic heterocycles. The van der Waals surface area contributed by atoms with Gasteiger partial charge in [-0.2, -0.15) is 0 Å². The number of nitrogens with one attached hydrogen (secondary N) is 1. The Hall–Kier alpha value is -2.51.